The molecule has 134 valence electrons. The van der Waals surface area contributed by atoms with E-state index in [1.165, 1.54) is 23.7 Å². The molecule has 1 N–H and O–H groups in total. The fourth-order valence-corrected chi connectivity index (χ4v) is 3.06. The Kier molecular flexibility index (Phi) is 5.37. The summed E-state index contributed by atoms with van der Waals surface area (Å²) in [6.07, 6.45) is 0.839. The molecule has 0 atom stereocenters. The van der Waals surface area contributed by atoms with E-state index in [2.05, 4.69) is 39.7 Å². The summed E-state index contributed by atoms with van der Waals surface area (Å²) in [6, 6.07) is 16.9. The van der Waals surface area contributed by atoms with Gasteiger partial charge in [0, 0.05) is 29.9 Å². The Morgan fingerprint density at radius 2 is 1.73 bits per heavy atom. The highest BCUT2D eigenvalue weighted by Gasteiger charge is 2.09. The Hall–Kier alpha value is -3.08. The molecule has 0 saturated heterocycles. The summed E-state index contributed by atoms with van der Waals surface area (Å²) in [5, 5.41) is 4.16. The number of carbonyl (C=O) groups is 2. The average molecular weight is 350 g/mol. The van der Waals surface area contributed by atoms with Gasteiger partial charge in [-0.05, 0) is 55.1 Å². The number of amides is 1. The van der Waals surface area contributed by atoms with Gasteiger partial charge in [-0.3, -0.25) is 4.79 Å². The second kappa shape index (κ2) is 7.87. The van der Waals surface area contributed by atoms with Crippen LogP contribution >= 0.6 is 0 Å². The molecule has 0 spiro atoms. The van der Waals surface area contributed by atoms with Crippen LogP contribution in [-0.2, 0) is 11.3 Å². The van der Waals surface area contributed by atoms with Crippen LogP contribution in [0.2, 0.25) is 0 Å². The van der Waals surface area contributed by atoms with E-state index >= 15 is 0 Å². The lowest BCUT2D eigenvalue weighted by Crippen LogP contribution is -2.25. The number of nitrogens with zero attached hydrogens (tertiary/aromatic N) is 1. The molecule has 3 rings (SSSR count). The van der Waals surface area contributed by atoms with E-state index < -0.39 is 5.97 Å². The van der Waals surface area contributed by atoms with Crippen molar-refractivity contribution in [1.29, 1.82) is 0 Å². The van der Waals surface area contributed by atoms with Gasteiger partial charge in [0.2, 0.25) is 0 Å². The maximum absolute atomic E-state index is 12.2. The lowest BCUT2D eigenvalue weighted by molar-refractivity contribution is 0.0600. The van der Waals surface area contributed by atoms with Gasteiger partial charge in [-0.2, -0.15) is 0 Å². The normalized spacial score (nSPS) is 10.7. The maximum atomic E-state index is 12.2. The Bertz CT molecular complexity index is 926. The lowest BCUT2D eigenvalue weighted by Gasteiger charge is -2.09. The molecule has 0 saturated carbocycles. The number of fused-ring (bicyclic) bond motifs is 1. The van der Waals surface area contributed by atoms with Gasteiger partial charge in [-0.15, -0.1) is 0 Å². The summed E-state index contributed by atoms with van der Waals surface area (Å²) >= 11 is 0. The van der Waals surface area contributed by atoms with Crippen LogP contribution in [0, 0.1) is 6.92 Å². The number of methoxy groups -OCH3 is 1. The van der Waals surface area contributed by atoms with E-state index in [0.717, 1.165) is 13.0 Å². The fourth-order valence-electron chi connectivity index (χ4n) is 3.06. The summed E-state index contributed by atoms with van der Waals surface area (Å²) in [5.74, 6) is -0.554. The van der Waals surface area contributed by atoms with Gasteiger partial charge >= 0.3 is 5.97 Å². The zero-order valence-electron chi connectivity index (χ0n) is 15.0. The van der Waals surface area contributed by atoms with Crippen LogP contribution in [0.4, 0.5) is 0 Å². The van der Waals surface area contributed by atoms with Gasteiger partial charge in [0.25, 0.3) is 5.91 Å². The average Bonchev–Trinajstić information content (AvgIpc) is 2.99. The second-order valence-corrected chi connectivity index (χ2v) is 6.17. The monoisotopic (exact) mass is 350 g/mol. The first kappa shape index (κ1) is 17.7. The molecule has 0 aliphatic heterocycles. The highest BCUT2D eigenvalue weighted by Crippen LogP contribution is 2.19. The third kappa shape index (κ3) is 3.77. The molecule has 1 amide bonds. The minimum Gasteiger partial charge on any atom is -0.465 e. The predicted molar refractivity (Wildman–Crippen MR) is 101 cm³/mol. The summed E-state index contributed by atoms with van der Waals surface area (Å²) in [5.41, 5.74) is 3.39. The van der Waals surface area contributed by atoms with Crippen molar-refractivity contribution in [1.82, 2.24) is 9.88 Å². The van der Waals surface area contributed by atoms with Crippen molar-refractivity contribution < 1.29 is 14.3 Å². The number of nitrogens with one attached hydrogen (secondary N) is 1. The number of aryl methyl sites for hydroxylation is 2. The van der Waals surface area contributed by atoms with Crippen molar-refractivity contribution in [2.45, 2.75) is 19.9 Å². The summed E-state index contributed by atoms with van der Waals surface area (Å²) < 4.78 is 6.92. The first-order valence-corrected chi connectivity index (χ1v) is 8.61. The number of ether oxygens (including phenoxy) is 1. The molecule has 0 bridgehead atoms. The standard InChI is InChI=1S/C21H22N2O3/c1-15-14-18-6-3-4-7-19(18)23(15)13-5-12-22-20(24)16-8-10-17(11-9-16)21(25)26-2/h3-4,6-11,14H,5,12-13H2,1-2H3,(H,22,24). The van der Waals surface area contributed by atoms with Crippen LogP contribution in [0.3, 0.4) is 0 Å². The Balaban J connectivity index is 1.54. The number of carbonyl (C=O) groups excluding carboxylic acids is 2. The van der Waals surface area contributed by atoms with Gasteiger partial charge in [-0.25, -0.2) is 4.79 Å². The zero-order valence-corrected chi connectivity index (χ0v) is 15.0. The Morgan fingerprint density at radius 3 is 2.46 bits per heavy atom. The first-order valence-electron chi connectivity index (χ1n) is 8.61. The molecule has 0 fully saturated rings. The van der Waals surface area contributed by atoms with Crippen molar-refractivity contribution in [3.8, 4) is 0 Å². The van der Waals surface area contributed by atoms with Gasteiger partial charge in [0.1, 0.15) is 0 Å². The van der Waals surface area contributed by atoms with Crippen molar-refractivity contribution in [3.63, 3.8) is 0 Å². The summed E-state index contributed by atoms with van der Waals surface area (Å²) in [6.45, 7) is 3.53. The highest BCUT2D eigenvalue weighted by molar-refractivity contribution is 5.96. The molecule has 2 aromatic carbocycles. The number of hydrogen-bond donors (Lipinski definition) is 1. The molecule has 1 aromatic heterocycles. The molecule has 0 radical (unpaired) electrons. The van der Waals surface area contributed by atoms with E-state index in [0.29, 0.717) is 17.7 Å². The van der Waals surface area contributed by atoms with E-state index in [1.807, 2.05) is 12.1 Å². The zero-order chi connectivity index (χ0) is 18.5. The molecule has 3 aromatic rings. The van der Waals surface area contributed by atoms with E-state index in [9.17, 15) is 9.59 Å². The van der Waals surface area contributed by atoms with Gasteiger partial charge in [0.15, 0.2) is 0 Å². The van der Waals surface area contributed by atoms with Crippen molar-refractivity contribution in [2.75, 3.05) is 13.7 Å². The molecule has 5 nitrogen and oxygen atoms in total. The van der Waals surface area contributed by atoms with Crippen LogP contribution in [0.25, 0.3) is 10.9 Å². The third-order valence-electron chi connectivity index (χ3n) is 4.43. The Morgan fingerprint density at radius 1 is 1.04 bits per heavy atom. The molecule has 0 aliphatic carbocycles. The third-order valence-corrected chi connectivity index (χ3v) is 4.43. The first-order chi connectivity index (χ1) is 12.6. The molecule has 0 aliphatic rings. The van der Waals surface area contributed by atoms with E-state index in [1.54, 1.807) is 24.3 Å². The molecular formula is C21H22N2O3. The molecular weight excluding hydrogens is 328 g/mol. The maximum Gasteiger partial charge on any atom is 0.337 e. The van der Waals surface area contributed by atoms with E-state index in [-0.39, 0.29) is 5.91 Å². The number of para-hydroxylation sites is 1. The highest BCUT2D eigenvalue weighted by atomic mass is 16.5. The topological polar surface area (TPSA) is 60.3 Å². The number of aromatic nitrogens is 1. The molecule has 0 unspecified atom stereocenters. The number of rotatable bonds is 6. The number of benzene rings is 2. The molecule has 1 heterocycles. The van der Waals surface area contributed by atoms with Gasteiger partial charge in [0.05, 0.1) is 12.7 Å². The van der Waals surface area contributed by atoms with Crippen molar-refractivity contribution in [3.05, 3.63) is 71.4 Å². The summed E-state index contributed by atoms with van der Waals surface area (Å²) in [7, 11) is 1.33. The Labute approximate surface area is 152 Å². The van der Waals surface area contributed by atoms with Crippen LogP contribution in [-0.4, -0.2) is 30.1 Å². The minimum atomic E-state index is -0.411. The van der Waals surface area contributed by atoms with Crippen LogP contribution in [0.1, 0.15) is 32.8 Å². The van der Waals surface area contributed by atoms with Crippen LogP contribution in [0.5, 0.6) is 0 Å². The van der Waals surface area contributed by atoms with Crippen molar-refractivity contribution in [2.24, 2.45) is 0 Å². The SMILES string of the molecule is COC(=O)c1ccc(C(=O)NCCCn2c(C)cc3ccccc32)cc1. The van der Waals surface area contributed by atoms with E-state index in [4.69, 9.17) is 0 Å². The van der Waals surface area contributed by atoms with Gasteiger partial charge < -0.3 is 14.6 Å². The van der Waals surface area contributed by atoms with Crippen LogP contribution < -0.4 is 5.32 Å². The predicted octanol–water partition coefficient (Wildman–Crippen LogP) is 3.56. The van der Waals surface area contributed by atoms with Crippen molar-refractivity contribution >= 4 is 22.8 Å². The quantitative estimate of drug-likeness (QED) is 0.546. The fraction of sp³-hybridized carbons (Fsp3) is 0.238. The molecule has 26 heavy (non-hydrogen) atoms. The minimum absolute atomic E-state index is 0.143. The number of hydrogen-bond acceptors (Lipinski definition) is 3. The van der Waals surface area contributed by atoms with Crippen LogP contribution in [0.15, 0.2) is 54.6 Å². The second-order valence-electron chi connectivity index (χ2n) is 6.17. The molecule has 5 heteroatoms. The lowest BCUT2D eigenvalue weighted by atomic mass is 10.1. The number of esters is 1. The smallest absolute Gasteiger partial charge is 0.337 e. The largest absolute Gasteiger partial charge is 0.465 e. The summed E-state index contributed by atoms with van der Waals surface area (Å²) in [4.78, 5) is 23.6. The van der Waals surface area contributed by atoms with Gasteiger partial charge in [-0.1, -0.05) is 18.2 Å².